The normalized spacial score (nSPS) is 14.2. The van der Waals surface area contributed by atoms with Crippen LogP contribution in [0.5, 0.6) is 0 Å². The fourth-order valence-corrected chi connectivity index (χ4v) is 3.64. The van der Waals surface area contributed by atoms with Gasteiger partial charge in [0, 0.05) is 24.7 Å². The molecule has 3 aromatic rings. The summed E-state index contributed by atoms with van der Waals surface area (Å²) in [4.78, 5) is 11.9. The summed E-state index contributed by atoms with van der Waals surface area (Å²) in [6.45, 7) is 0.523. The first-order chi connectivity index (χ1) is 12.8. The van der Waals surface area contributed by atoms with Crippen molar-refractivity contribution in [2.45, 2.75) is 12.6 Å². The zero-order valence-electron chi connectivity index (χ0n) is 14.1. The van der Waals surface area contributed by atoms with E-state index in [1.807, 2.05) is 6.07 Å². The Balaban J connectivity index is 1.98. The first-order valence-electron chi connectivity index (χ1n) is 8.19. The zero-order chi connectivity index (χ0) is 19.3. The van der Waals surface area contributed by atoms with Crippen molar-refractivity contribution in [3.8, 4) is 11.1 Å². The SMILES string of the molecule is CNc1ccc(-c2ccc3c(c2)CCNC3=O)c2c(Cl)c(C(F)(F)F)nn12. The Hall–Kier alpha value is -2.74. The lowest BCUT2D eigenvalue weighted by Crippen LogP contribution is -2.31. The van der Waals surface area contributed by atoms with Gasteiger partial charge in [0.2, 0.25) is 0 Å². The van der Waals surface area contributed by atoms with Crippen molar-refractivity contribution in [3.63, 3.8) is 0 Å². The van der Waals surface area contributed by atoms with Crippen LogP contribution in [-0.4, -0.2) is 29.1 Å². The Morgan fingerprint density at radius 1 is 1.22 bits per heavy atom. The number of hydrogen-bond acceptors (Lipinski definition) is 3. The number of nitrogens with zero attached hydrogens (tertiary/aromatic N) is 2. The van der Waals surface area contributed by atoms with Gasteiger partial charge in [-0.3, -0.25) is 4.79 Å². The predicted molar refractivity (Wildman–Crippen MR) is 96.2 cm³/mol. The lowest BCUT2D eigenvalue weighted by molar-refractivity contribution is -0.141. The maximum absolute atomic E-state index is 13.3. The van der Waals surface area contributed by atoms with E-state index in [1.54, 1.807) is 31.3 Å². The summed E-state index contributed by atoms with van der Waals surface area (Å²) in [7, 11) is 1.59. The lowest BCUT2D eigenvalue weighted by Gasteiger charge is -2.18. The third-order valence-electron chi connectivity index (χ3n) is 4.58. The molecule has 0 bridgehead atoms. The van der Waals surface area contributed by atoms with Crippen LogP contribution in [0.3, 0.4) is 0 Å². The van der Waals surface area contributed by atoms with Crippen LogP contribution in [0.1, 0.15) is 21.6 Å². The van der Waals surface area contributed by atoms with Crippen LogP contribution in [0.4, 0.5) is 19.0 Å². The van der Waals surface area contributed by atoms with Crippen molar-refractivity contribution in [3.05, 3.63) is 52.2 Å². The number of hydrogen-bond donors (Lipinski definition) is 2. The topological polar surface area (TPSA) is 58.4 Å². The van der Waals surface area contributed by atoms with Crippen LogP contribution in [0.25, 0.3) is 16.6 Å². The van der Waals surface area contributed by atoms with E-state index in [2.05, 4.69) is 15.7 Å². The van der Waals surface area contributed by atoms with Gasteiger partial charge in [0.25, 0.3) is 5.91 Å². The number of alkyl halides is 3. The molecule has 1 aliphatic rings. The summed E-state index contributed by atoms with van der Waals surface area (Å²) >= 11 is 6.10. The van der Waals surface area contributed by atoms with Crippen molar-refractivity contribution in [2.75, 3.05) is 18.9 Å². The van der Waals surface area contributed by atoms with Crippen LogP contribution in [0.15, 0.2) is 30.3 Å². The average Bonchev–Trinajstić information content (AvgIpc) is 2.99. The van der Waals surface area contributed by atoms with Gasteiger partial charge in [0.1, 0.15) is 5.82 Å². The number of anilines is 1. The molecule has 0 unspecified atom stereocenters. The first kappa shape index (κ1) is 17.7. The standard InChI is InChI=1S/C18H14ClF3N4O/c1-23-13-5-4-11(15-14(19)16(18(20,21)22)25-26(13)15)9-2-3-12-10(8-9)6-7-24-17(12)27/h2-5,8,23H,6-7H2,1H3,(H,24,27). The number of nitrogens with one attached hydrogen (secondary N) is 2. The quantitative estimate of drug-likeness (QED) is 0.690. The molecule has 140 valence electrons. The van der Waals surface area contributed by atoms with E-state index in [9.17, 15) is 18.0 Å². The molecule has 0 fully saturated rings. The number of halogens is 4. The van der Waals surface area contributed by atoms with Crippen LogP contribution in [0.2, 0.25) is 5.02 Å². The van der Waals surface area contributed by atoms with E-state index < -0.39 is 16.9 Å². The first-order valence-corrected chi connectivity index (χ1v) is 8.56. The third-order valence-corrected chi connectivity index (χ3v) is 4.94. The Labute approximate surface area is 157 Å². The van der Waals surface area contributed by atoms with E-state index in [0.717, 1.165) is 10.1 Å². The molecule has 5 nitrogen and oxygen atoms in total. The molecular weight excluding hydrogens is 381 g/mol. The Morgan fingerprint density at radius 3 is 2.67 bits per heavy atom. The second-order valence-corrected chi connectivity index (χ2v) is 6.56. The summed E-state index contributed by atoms with van der Waals surface area (Å²) < 4.78 is 41.1. The van der Waals surface area contributed by atoms with Crippen LogP contribution < -0.4 is 10.6 Å². The second kappa shape index (κ2) is 6.16. The molecule has 2 N–H and O–H groups in total. The minimum absolute atomic E-state index is 0.153. The highest BCUT2D eigenvalue weighted by Gasteiger charge is 2.38. The highest BCUT2D eigenvalue weighted by molar-refractivity contribution is 6.35. The molecule has 0 spiro atoms. The van der Waals surface area contributed by atoms with Gasteiger partial charge >= 0.3 is 6.18 Å². The van der Waals surface area contributed by atoms with Crippen molar-refractivity contribution >= 4 is 28.8 Å². The fraction of sp³-hybridized carbons (Fsp3) is 0.222. The predicted octanol–water partition coefficient (Wildman–Crippen LogP) is 4.00. The van der Waals surface area contributed by atoms with Crippen LogP contribution in [0, 0.1) is 0 Å². The molecule has 9 heteroatoms. The van der Waals surface area contributed by atoms with E-state index in [0.29, 0.717) is 35.5 Å². The second-order valence-electron chi connectivity index (χ2n) is 6.18. The summed E-state index contributed by atoms with van der Waals surface area (Å²) in [5.41, 5.74) is 1.63. The number of pyridine rings is 1. The molecule has 1 aliphatic heterocycles. The van der Waals surface area contributed by atoms with Gasteiger partial charge in [-0.2, -0.15) is 18.3 Å². The van der Waals surface area contributed by atoms with E-state index in [-0.39, 0.29) is 11.4 Å². The molecule has 1 amide bonds. The summed E-state index contributed by atoms with van der Waals surface area (Å²) in [5, 5.41) is 8.80. The molecule has 0 aliphatic carbocycles. The number of benzene rings is 1. The van der Waals surface area contributed by atoms with E-state index in [1.165, 1.54) is 0 Å². The number of carbonyl (C=O) groups excluding carboxylic acids is 1. The summed E-state index contributed by atoms with van der Waals surface area (Å²) in [6, 6.07) is 8.53. The van der Waals surface area contributed by atoms with E-state index >= 15 is 0 Å². The number of rotatable bonds is 2. The largest absolute Gasteiger partial charge is 0.436 e. The molecular formula is C18H14ClF3N4O. The van der Waals surface area contributed by atoms with E-state index in [4.69, 9.17) is 11.6 Å². The molecule has 0 saturated heterocycles. The fourth-order valence-electron chi connectivity index (χ4n) is 3.32. The number of fused-ring (bicyclic) bond motifs is 2. The van der Waals surface area contributed by atoms with Gasteiger partial charge in [-0.15, -0.1) is 0 Å². The number of amides is 1. The molecule has 27 heavy (non-hydrogen) atoms. The average molecular weight is 395 g/mol. The molecule has 3 heterocycles. The Kier molecular flexibility index (Phi) is 4.03. The minimum Gasteiger partial charge on any atom is -0.373 e. The van der Waals surface area contributed by atoms with Gasteiger partial charge in [0.15, 0.2) is 5.69 Å². The molecule has 4 rings (SSSR count). The van der Waals surface area contributed by atoms with Crippen molar-refractivity contribution < 1.29 is 18.0 Å². The van der Waals surface area contributed by atoms with Gasteiger partial charge < -0.3 is 10.6 Å². The lowest BCUT2D eigenvalue weighted by atomic mass is 9.95. The highest BCUT2D eigenvalue weighted by Crippen LogP contribution is 2.40. The van der Waals surface area contributed by atoms with Crippen LogP contribution >= 0.6 is 11.6 Å². The Bertz CT molecular complexity index is 1070. The molecule has 0 saturated carbocycles. The molecule has 2 aromatic heterocycles. The minimum atomic E-state index is -4.67. The zero-order valence-corrected chi connectivity index (χ0v) is 14.9. The van der Waals surface area contributed by atoms with Crippen LogP contribution in [-0.2, 0) is 12.6 Å². The molecule has 1 aromatic carbocycles. The van der Waals surface area contributed by atoms with Crippen molar-refractivity contribution in [1.29, 1.82) is 0 Å². The number of aromatic nitrogens is 2. The van der Waals surface area contributed by atoms with Crippen molar-refractivity contribution in [2.24, 2.45) is 0 Å². The monoisotopic (exact) mass is 394 g/mol. The maximum atomic E-state index is 13.3. The van der Waals surface area contributed by atoms with Gasteiger partial charge in [0.05, 0.1) is 10.5 Å². The third kappa shape index (κ3) is 2.80. The molecule has 0 atom stereocenters. The smallest absolute Gasteiger partial charge is 0.373 e. The maximum Gasteiger partial charge on any atom is 0.436 e. The summed E-state index contributed by atoms with van der Waals surface area (Å²) in [6.07, 6.45) is -4.01. The van der Waals surface area contributed by atoms with Gasteiger partial charge in [-0.25, -0.2) is 4.52 Å². The summed E-state index contributed by atoms with van der Waals surface area (Å²) in [5.74, 6) is 0.226. The highest BCUT2D eigenvalue weighted by atomic mass is 35.5. The molecule has 0 radical (unpaired) electrons. The van der Waals surface area contributed by atoms with Gasteiger partial charge in [-0.05, 0) is 35.7 Å². The van der Waals surface area contributed by atoms with Gasteiger partial charge in [-0.1, -0.05) is 23.7 Å². The number of carbonyl (C=O) groups is 1. The van der Waals surface area contributed by atoms with Crippen molar-refractivity contribution in [1.82, 2.24) is 14.9 Å². The Morgan fingerprint density at radius 2 is 1.96 bits per heavy atom.